The highest BCUT2D eigenvalue weighted by Gasteiger charge is 2.20. The van der Waals surface area contributed by atoms with E-state index in [1.807, 2.05) is 65.6 Å². The number of ether oxygens (including phenoxy) is 2. The van der Waals surface area contributed by atoms with Gasteiger partial charge in [-0.2, -0.15) is 0 Å². The van der Waals surface area contributed by atoms with Crippen molar-refractivity contribution >= 4 is 5.91 Å². The van der Waals surface area contributed by atoms with E-state index in [1.54, 1.807) is 6.26 Å². The number of carbonyl (C=O) groups is 1. The lowest BCUT2D eigenvalue weighted by Crippen LogP contribution is -2.39. The normalized spacial score (nSPS) is 12.3. The minimum atomic E-state index is 0.0675. The first-order chi connectivity index (χ1) is 14.7. The minimum absolute atomic E-state index is 0.0675. The SMILES string of the molecule is CCN(CC(=O)N(Cc1ccccc1)Cc1ccco1)Cc1ccc2c(c1)OCO2. The molecule has 2 aromatic carbocycles. The zero-order chi connectivity index (χ0) is 20.8. The summed E-state index contributed by atoms with van der Waals surface area (Å²) in [5.41, 5.74) is 2.19. The molecule has 0 saturated heterocycles. The second-order valence-corrected chi connectivity index (χ2v) is 7.31. The molecule has 0 aliphatic carbocycles. The van der Waals surface area contributed by atoms with Crippen LogP contribution in [0.15, 0.2) is 71.3 Å². The van der Waals surface area contributed by atoms with Crippen molar-refractivity contribution in [1.82, 2.24) is 9.80 Å². The first kappa shape index (κ1) is 20.0. The number of carbonyl (C=O) groups excluding carboxylic acids is 1. The molecule has 0 N–H and O–H groups in total. The fraction of sp³-hybridized carbons (Fsp3) is 0.292. The fourth-order valence-electron chi connectivity index (χ4n) is 3.50. The Morgan fingerprint density at radius 2 is 1.73 bits per heavy atom. The molecule has 1 aromatic heterocycles. The maximum atomic E-state index is 13.2. The predicted molar refractivity (Wildman–Crippen MR) is 113 cm³/mol. The third kappa shape index (κ3) is 5.02. The highest BCUT2D eigenvalue weighted by Crippen LogP contribution is 2.32. The summed E-state index contributed by atoms with van der Waals surface area (Å²) in [6.45, 7) is 5.08. The summed E-state index contributed by atoms with van der Waals surface area (Å²) in [7, 11) is 0. The second-order valence-electron chi connectivity index (χ2n) is 7.31. The van der Waals surface area contributed by atoms with Crippen LogP contribution in [0.25, 0.3) is 0 Å². The Hall–Kier alpha value is -3.25. The van der Waals surface area contributed by atoms with E-state index in [0.29, 0.717) is 26.2 Å². The van der Waals surface area contributed by atoms with Crippen LogP contribution in [0.3, 0.4) is 0 Å². The maximum Gasteiger partial charge on any atom is 0.237 e. The summed E-state index contributed by atoms with van der Waals surface area (Å²) in [6, 6.07) is 19.7. The molecule has 0 radical (unpaired) electrons. The first-order valence-corrected chi connectivity index (χ1v) is 10.2. The van der Waals surface area contributed by atoms with Crippen LogP contribution in [0, 0.1) is 0 Å². The summed E-state index contributed by atoms with van der Waals surface area (Å²) in [6.07, 6.45) is 1.64. The van der Waals surface area contributed by atoms with Gasteiger partial charge in [0.15, 0.2) is 11.5 Å². The largest absolute Gasteiger partial charge is 0.467 e. The van der Waals surface area contributed by atoms with E-state index in [9.17, 15) is 4.79 Å². The van der Waals surface area contributed by atoms with Gasteiger partial charge in [-0.1, -0.05) is 43.3 Å². The summed E-state index contributed by atoms with van der Waals surface area (Å²) in [5.74, 6) is 2.37. The summed E-state index contributed by atoms with van der Waals surface area (Å²) in [5, 5.41) is 0. The Bertz CT molecular complexity index is 957. The Balaban J connectivity index is 1.44. The molecule has 1 aliphatic heterocycles. The predicted octanol–water partition coefficient (Wildman–Crippen LogP) is 4.06. The van der Waals surface area contributed by atoms with Crippen LogP contribution in [-0.4, -0.2) is 35.6 Å². The number of hydrogen-bond acceptors (Lipinski definition) is 5. The molecule has 0 saturated carbocycles. The zero-order valence-electron chi connectivity index (χ0n) is 17.1. The van der Waals surface area contributed by atoms with Crippen LogP contribution in [0.4, 0.5) is 0 Å². The van der Waals surface area contributed by atoms with E-state index in [1.165, 1.54) is 0 Å². The van der Waals surface area contributed by atoms with Gasteiger partial charge in [0.2, 0.25) is 12.7 Å². The van der Waals surface area contributed by atoms with Crippen LogP contribution in [0.2, 0.25) is 0 Å². The molecule has 6 heteroatoms. The zero-order valence-corrected chi connectivity index (χ0v) is 17.1. The molecular formula is C24H26N2O4. The molecule has 4 rings (SSSR count). The Morgan fingerprint density at radius 3 is 2.50 bits per heavy atom. The van der Waals surface area contributed by atoms with Gasteiger partial charge in [0.1, 0.15) is 5.76 Å². The molecular weight excluding hydrogens is 380 g/mol. The third-order valence-corrected chi connectivity index (χ3v) is 5.15. The van der Waals surface area contributed by atoms with Crippen LogP contribution in [0.5, 0.6) is 11.5 Å². The maximum absolute atomic E-state index is 13.2. The molecule has 6 nitrogen and oxygen atoms in total. The summed E-state index contributed by atoms with van der Waals surface area (Å²) >= 11 is 0. The standard InChI is InChI=1S/C24H26N2O4/c1-2-25(14-20-10-11-22-23(13-20)30-18-29-22)17-24(27)26(16-21-9-6-12-28-21)15-19-7-4-3-5-8-19/h3-13H,2,14-18H2,1H3. The number of nitrogens with zero attached hydrogens (tertiary/aromatic N) is 2. The minimum Gasteiger partial charge on any atom is -0.467 e. The fourth-order valence-corrected chi connectivity index (χ4v) is 3.50. The molecule has 3 aromatic rings. The van der Waals surface area contributed by atoms with Gasteiger partial charge in [0.25, 0.3) is 0 Å². The number of rotatable bonds is 9. The number of fused-ring (bicyclic) bond motifs is 1. The molecule has 0 unspecified atom stereocenters. The van der Waals surface area contributed by atoms with Crippen molar-refractivity contribution in [3.05, 3.63) is 83.8 Å². The average Bonchev–Trinajstić information content (AvgIpc) is 3.45. The van der Waals surface area contributed by atoms with E-state index in [-0.39, 0.29) is 12.7 Å². The van der Waals surface area contributed by atoms with Gasteiger partial charge in [-0.15, -0.1) is 0 Å². The van der Waals surface area contributed by atoms with Crippen molar-refractivity contribution in [3.8, 4) is 11.5 Å². The smallest absolute Gasteiger partial charge is 0.237 e. The van der Waals surface area contributed by atoms with Crippen molar-refractivity contribution in [2.75, 3.05) is 19.9 Å². The highest BCUT2D eigenvalue weighted by molar-refractivity contribution is 5.78. The van der Waals surface area contributed by atoms with Crippen molar-refractivity contribution in [3.63, 3.8) is 0 Å². The van der Waals surface area contributed by atoms with Gasteiger partial charge >= 0.3 is 0 Å². The van der Waals surface area contributed by atoms with Gasteiger partial charge < -0.3 is 18.8 Å². The van der Waals surface area contributed by atoms with Crippen molar-refractivity contribution in [1.29, 1.82) is 0 Å². The van der Waals surface area contributed by atoms with Crippen molar-refractivity contribution in [2.45, 2.75) is 26.6 Å². The van der Waals surface area contributed by atoms with E-state index >= 15 is 0 Å². The van der Waals surface area contributed by atoms with Crippen LogP contribution < -0.4 is 9.47 Å². The van der Waals surface area contributed by atoms with Gasteiger partial charge in [0, 0.05) is 13.1 Å². The van der Waals surface area contributed by atoms with Gasteiger partial charge in [-0.25, -0.2) is 0 Å². The molecule has 0 bridgehead atoms. The van der Waals surface area contributed by atoms with Crippen molar-refractivity contribution in [2.24, 2.45) is 0 Å². The van der Waals surface area contributed by atoms with E-state index in [0.717, 1.165) is 34.9 Å². The van der Waals surface area contributed by atoms with Crippen LogP contribution >= 0.6 is 0 Å². The average molecular weight is 406 g/mol. The molecule has 156 valence electrons. The highest BCUT2D eigenvalue weighted by atomic mass is 16.7. The number of benzene rings is 2. The molecule has 0 spiro atoms. The van der Waals surface area contributed by atoms with Crippen LogP contribution in [0.1, 0.15) is 23.8 Å². The quantitative estimate of drug-likeness (QED) is 0.536. The monoisotopic (exact) mass is 406 g/mol. The number of amides is 1. The molecule has 0 atom stereocenters. The first-order valence-electron chi connectivity index (χ1n) is 10.2. The van der Waals surface area contributed by atoms with E-state index in [2.05, 4.69) is 11.8 Å². The number of hydrogen-bond donors (Lipinski definition) is 0. The Labute approximate surface area is 176 Å². The van der Waals surface area contributed by atoms with Crippen molar-refractivity contribution < 1.29 is 18.7 Å². The molecule has 2 heterocycles. The summed E-state index contributed by atoms with van der Waals surface area (Å²) < 4.78 is 16.3. The third-order valence-electron chi connectivity index (χ3n) is 5.15. The topological polar surface area (TPSA) is 55.2 Å². The number of furan rings is 1. The lowest BCUT2D eigenvalue weighted by atomic mass is 10.2. The van der Waals surface area contributed by atoms with Gasteiger partial charge in [-0.3, -0.25) is 9.69 Å². The van der Waals surface area contributed by atoms with Gasteiger partial charge in [0.05, 0.1) is 19.4 Å². The Kier molecular flexibility index (Phi) is 6.35. The van der Waals surface area contributed by atoms with E-state index in [4.69, 9.17) is 13.9 Å². The molecule has 0 fully saturated rings. The van der Waals surface area contributed by atoms with Crippen LogP contribution in [-0.2, 0) is 24.4 Å². The van der Waals surface area contributed by atoms with E-state index < -0.39 is 0 Å². The van der Waals surface area contributed by atoms with Gasteiger partial charge in [-0.05, 0) is 41.9 Å². The summed E-state index contributed by atoms with van der Waals surface area (Å²) in [4.78, 5) is 17.2. The lowest BCUT2D eigenvalue weighted by Gasteiger charge is -2.26. The number of likely N-dealkylation sites (N-methyl/N-ethyl adjacent to an activating group) is 1. The Morgan fingerprint density at radius 1 is 0.900 bits per heavy atom. The lowest BCUT2D eigenvalue weighted by molar-refractivity contribution is -0.134. The molecule has 1 aliphatic rings. The molecule has 30 heavy (non-hydrogen) atoms. The second kappa shape index (κ2) is 9.50. The molecule has 1 amide bonds.